The summed E-state index contributed by atoms with van der Waals surface area (Å²) in [5.74, 6) is -0.868. The maximum Gasteiger partial charge on any atom is 0.335 e. The molecule has 1 aromatic rings. The van der Waals surface area contributed by atoms with Gasteiger partial charge in [-0.1, -0.05) is 12.1 Å². The Morgan fingerprint density at radius 3 is 2.48 bits per heavy atom. The third-order valence-corrected chi connectivity index (χ3v) is 5.65. The molecule has 124 valence electrons. The van der Waals surface area contributed by atoms with Gasteiger partial charge in [0.05, 0.1) is 17.1 Å². The van der Waals surface area contributed by atoms with Gasteiger partial charge in [-0.3, -0.25) is 4.79 Å². The molecule has 1 atom stereocenters. The van der Waals surface area contributed by atoms with Crippen molar-refractivity contribution in [3.8, 4) is 0 Å². The highest BCUT2D eigenvalue weighted by molar-refractivity contribution is 7.91. The SMILES string of the molecule is CN(CC1CCS(=O)(=O)C1)C(=O)C=Cc1ccc(C(=O)O)cc1. The Labute approximate surface area is 135 Å². The molecule has 0 saturated carbocycles. The first-order chi connectivity index (χ1) is 10.8. The number of aromatic carboxylic acids is 1. The Bertz CT molecular complexity index is 721. The van der Waals surface area contributed by atoms with E-state index in [1.54, 1.807) is 25.3 Å². The summed E-state index contributed by atoms with van der Waals surface area (Å²) in [5, 5.41) is 8.82. The van der Waals surface area contributed by atoms with Crippen LogP contribution < -0.4 is 0 Å². The zero-order valence-corrected chi connectivity index (χ0v) is 13.6. The molecule has 1 amide bonds. The minimum absolute atomic E-state index is 0.00259. The molecule has 1 unspecified atom stereocenters. The Balaban J connectivity index is 1.91. The molecule has 1 aromatic carbocycles. The number of rotatable bonds is 5. The van der Waals surface area contributed by atoms with Gasteiger partial charge in [-0.05, 0) is 36.1 Å². The van der Waals surface area contributed by atoms with Crippen LogP contribution in [0.25, 0.3) is 6.08 Å². The normalized spacial score (nSPS) is 19.8. The highest BCUT2D eigenvalue weighted by Gasteiger charge is 2.29. The predicted molar refractivity (Wildman–Crippen MR) is 86.8 cm³/mol. The third-order valence-electron chi connectivity index (χ3n) is 3.81. The van der Waals surface area contributed by atoms with Gasteiger partial charge in [-0.15, -0.1) is 0 Å². The quantitative estimate of drug-likeness (QED) is 0.818. The van der Waals surface area contributed by atoms with Crippen LogP contribution in [0.1, 0.15) is 22.3 Å². The second kappa shape index (κ2) is 6.95. The highest BCUT2D eigenvalue weighted by atomic mass is 32.2. The van der Waals surface area contributed by atoms with Crippen LogP contribution in [-0.2, 0) is 14.6 Å². The maximum atomic E-state index is 12.0. The van der Waals surface area contributed by atoms with E-state index >= 15 is 0 Å². The van der Waals surface area contributed by atoms with Crippen molar-refractivity contribution >= 4 is 27.8 Å². The van der Waals surface area contributed by atoms with E-state index in [0.29, 0.717) is 13.0 Å². The molecule has 7 heteroatoms. The summed E-state index contributed by atoms with van der Waals surface area (Å²) in [5.41, 5.74) is 0.910. The van der Waals surface area contributed by atoms with Gasteiger partial charge in [-0.2, -0.15) is 0 Å². The average Bonchev–Trinajstić information content (AvgIpc) is 2.84. The molecular weight excluding hydrogens is 318 g/mol. The number of carbonyl (C=O) groups excluding carboxylic acids is 1. The zero-order valence-electron chi connectivity index (χ0n) is 12.8. The van der Waals surface area contributed by atoms with Crippen molar-refractivity contribution in [1.82, 2.24) is 4.90 Å². The number of carboxylic acid groups (broad SMARTS) is 1. The van der Waals surface area contributed by atoms with Crippen molar-refractivity contribution < 1.29 is 23.1 Å². The third kappa shape index (κ3) is 4.92. The number of sulfone groups is 1. The summed E-state index contributed by atoms with van der Waals surface area (Å²) >= 11 is 0. The Morgan fingerprint density at radius 2 is 1.96 bits per heavy atom. The van der Waals surface area contributed by atoms with Crippen LogP contribution in [0.15, 0.2) is 30.3 Å². The van der Waals surface area contributed by atoms with Gasteiger partial charge in [0.2, 0.25) is 5.91 Å². The molecule has 1 heterocycles. The molecule has 1 aliphatic rings. The van der Waals surface area contributed by atoms with Crippen molar-refractivity contribution in [2.45, 2.75) is 6.42 Å². The summed E-state index contributed by atoms with van der Waals surface area (Å²) in [7, 11) is -1.29. The molecule has 1 N–H and O–H groups in total. The van der Waals surface area contributed by atoms with Gasteiger partial charge < -0.3 is 10.0 Å². The number of carbonyl (C=O) groups is 2. The van der Waals surface area contributed by atoms with E-state index in [-0.39, 0.29) is 28.9 Å². The van der Waals surface area contributed by atoms with Crippen LogP contribution in [0.3, 0.4) is 0 Å². The number of hydrogen-bond donors (Lipinski definition) is 1. The van der Waals surface area contributed by atoms with E-state index in [2.05, 4.69) is 0 Å². The van der Waals surface area contributed by atoms with Crippen LogP contribution in [0.2, 0.25) is 0 Å². The molecule has 1 fully saturated rings. The number of benzene rings is 1. The lowest BCUT2D eigenvalue weighted by molar-refractivity contribution is -0.125. The van der Waals surface area contributed by atoms with E-state index in [1.165, 1.54) is 23.1 Å². The van der Waals surface area contributed by atoms with Crippen LogP contribution in [0.5, 0.6) is 0 Å². The number of hydrogen-bond acceptors (Lipinski definition) is 4. The van der Waals surface area contributed by atoms with Crippen LogP contribution in [0, 0.1) is 5.92 Å². The molecule has 2 rings (SSSR count). The summed E-state index contributed by atoms with van der Waals surface area (Å²) < 4.78 is 22.8. The van der Waals surface area contributed by atoms with Crippen molar-refractivity contribution in [1.29, 1.82) is 0 Å². The fraction of sp³-hybridized carbons (Fsp3) is 0.375. The number of nitrogens with zero attached hydrogens (tertiary/aromatic N) is 1. The number of amides is 1. The fourth-order valence-electron chi connectivity index (χ4n) is 2.52. The Morgan fingerprint density at radius 1 is 1.30 bits per heavy atom. The lowest BCUT2D eigenvalue weighted by atomic mass is 10.1. The monoisotopic (exact) mass is 337 g/mol. The molecule has 0 bridgehead atoms. The van der Waals surface area contributed by atoms with Crippen molar-refractivity contribution in [2.75, 3.05) is 25.1 Å². The van der Waals surface area contributed by atoms with Gasteiger partial charge in [0.1, 0.15) is 0 Å². The molecule has 0 radical (unpaired) electrons. The number of likely N-dealkylation sites (N-methyl/N-ethyl adjacent to an activating group) is 1. The Kier molecular flexibility index (Phi) is 5.20. The molecule has 0 aromatic heterocycles. The molecule has 1 saturated heterocycles. The molecule has 1 aliphatic heterocycles. The molecule has 6 nitrogen and oxygen atoms in total. The molecule has 23 heavy (non-hydrogen) atoms. The summed E-state index contributed by atoms with van der Waals surface area (Å²) in [6.07, 6.45) is 3.61. The predicted octanol–water partition coefficient (Wildman–Crippen LogP) is 1.29. The summed E-state index contributed by atoms with van der Waals surface area (Å²) in [6.45, 7) is 0.417. The minimum Gasteiger partial charge on any atom is -0.478 e. The van der Waals surface area contributed by atoms with E-state index in [1.807, 2.05) is 0 Å². The molecular formula is C16H19NO5S. The second-order valence-corrected chi connectivity index (χ2v) is 7.98. The highest BCUT2D eigenvalue weighted by Crippen LogP contribution is 2.19. The van der Waals surface area contributed by atoms with E-state index in [0.717, 1.165) is 5.56 Å². The van der Waals surface area contributed by atoms with Gasteiger partial charge in [0.15, 0.2) is 9.84 Å². The lowest BCUT2D eigenvalue weighted by Crippen LogP contribution is -2.31. The standard InChI is InChI=1S/C16H19NO5S/c1-17(10-13-8-9-23(21,22)11-13)15(18)7-4-12-2-5-14(6-3-12)16(19)20/h2-7,13H,8-11H2,1H3,(H,19,20). The smallest absolute Gasteiger partial charge is 0.335 e. The first-order valence-corrected chi connectivity index (χ1v) is 9.06. The summed E-state index contributed by atoms with van der Waals surface area (Å²) in [4.78, 5) is 24.3. The molecule has 0 aliphatic carbocycles. The van der Waals surface area contributed by atoms with Gasteiger partial charge in [-0.25, -0.2) is 13.2 Å². The fourth-order valence-corrected chi connectivity index (χ4v) is 4.37. The summed E-state index contributed by atoms with van der Waals surface area (Å²) in [6, 6.07) is 6.19. The molecule has 0 spiro atoms. The minimum atomic E-state index is -2.94. The van der Waals surface area contributed by atoms with Crippen molar-refractivity contribution in [3.63, 3.8) is 0 Å². The largest absolute Gasteiger partial charge is 0.478 e. The zero-order chi connectivity index (χ0) is 17.0. The van der Waals surface area contributed by atoms with Crippen LogP contribution >= 0.6 is 0 Å². The Hall–Kier alpha value is -2.15. The van der Waals surface area contributed by atoms with Crippen molar-refractivity contribution in [2.24, 2.45) is 5.92 Å². The number of carboxylic acids is 1. The van der Waals surface area contributed by atoms with E-state index in [4.69, 9.17) is 5.11 Å². The van der Waals surface area contributed by atoms with E-state index < -0.39 is 15.8 Å². The van der Waals surface area contributed by atoms with Gasteiger partial charge in [0.25, 0.3) is 0 Å². The first-order valence-electron chi connectivity index (χ1n) is 7.24. The van der Waals surface area contributed by atoms with E-state index in [9.17, 15) is 18.0 Å². The lowest BCUT2D eigenvalue weighted by Gasteiger charge is -2.18. The van der Waals surface area contributed by atoms with Crippen LogP contribution in [-0.4, -0.2) is 55.4 Å². The average molecular weight is 337 g/mol. The maximum absolute atomic E-state index is 12.0. The van der Waals surface area contributed by atoms with Crippen molar-refractivity contribution in [3.05, 3.63) is 41.5 Å². The van der Waals surface area contributed by atoms with Gasteiger partial charge in [0, 0.05) is 19.7 Å². The topological polar surface area (TPSA) is 91.8 Å². The van der Waals surface area contributed by atoms with Gasteiger partial charge >= 0.3 is 5.97 Å². The van der Waals surface area contributed by atoms with Crippen LogP contribution in [0.4, 0.5) is 0 Å². The first kappa shape index (κ1) is 17.2. The second-order valence-electron chi connectivity index (χ2n) is 5.75.